The van der Waals surface area contributed by atoms with Crippen molar-refractivity contribution in [1.82, 2.24) is 0 Å². The van der Waals surface area contributed by atoms with Gasteiger partial charge >= 0.3 is 0 Å². The number of halogens is 2. The number of rotatable bonds is 2. The summed E-state index contributed by atoms with van der Waals surface area (Å²) in [6.07, 6.45) is 0. The lowest BCUT2D eigenvalue weighted by molar-refractivity contribution is 0.422. The largest absolute Gasteiger partial charge is 0.505 e. The first-order chi connectivity index (χ1) is 6.29. The third kappa shape index (κ3) is 2.64. The predicted molar refractivity (Wildman–Crippen MR) is 44.8 cm³/mol. The Kier molecular flexibility index (Phi) is 2.72. The van der Waals surface area contributed by atoms with Crippen LogP contribution in [0.5, 0.6) is 5.75 Å². The Balaban J connectivity index is 3.22. The van der Waals surface area contributed by atoms with Gasteiger partial charge in [0.2, 0.25) is 10.0 Å². The highest BCUT2D eigenvalue weighted by Crippen LogP contribution is 2.23. The molecular formula is C7H7F2NO3S. The second kappa shape index (κ2) is 3.50. The van der Waals surface area contributed by atoms with Gasteiger partial charge in [0.1, 0.15) is 5.82 Å². The average Bonchev–Trinajstić information content (AvgIpc) is 1.96. The van der Waals surface area contributed by atoms with Crippen molar-refractivity contribution in [1.29, 1.82) is 0 Å². The van der Waals surface area contributed by atoms with E-state index in [2.05, 4.69) is 5.14 Å². The van der Waals surface area contributed by atoms with Crippen LogP contribution < -0.4 is 5.14 Å². The molecule has 14 heavy (non-hydrogen) atoms. The van der Waals surface area contributed by atoms with E-state index < -0.39 is 38.7 Å². The van der Waals surface area contributed by atoms with E-state index in [9.17, 15) is 17.2 Å². The zero-order chi connectivity index (χ0) is 10.9. The Bertz CT molecular complexity index is 458. The highest BCUT2D eigenvalue weighted by Gasteiger charge is 2.14. The lowest BCUT2D eigenvalue weighted by Crippen LogP contribution is -2.14. The number of phenolic OH excluding ortho intramolecular Hbond substituents is 1. The van der Waals surface area contributed by atoms with Gasteiger partial charge in [-0.05, 0) is 6.07 Å². The highest BCUT2D eigenvalue weighted by molar-refractivity contribution is 7.88. The molecule has 4 nitrogen and oxygen atoms in total. The third-order valence-corrected chi connectivity index (χ3v) is 2.18. The number of nitrogens with two attached hydrogens (primary N) is 1. The summed E-state index contributed by atoms with van der Waals surface area (Å²) >= 11 is 0. The van der Waals surface area contributed by atoms with Gasteiger partial charge in [-0.1, -0.05) is 0 Å². The molecular weight excluding hydrogens is 216 g/mol. The molecule has 0 heterocycles. The molecule has 0 radical (unpaired) electrons. The maximum absolute atomic E-state index is 12.7. The lowest BCUT2D eigenvalue weighted by atomic mass is 10.2. The fourth-order valence-electron chi connectivity index (χ4n) is 0.946. The van der Waals surface area contributed by atoms with Gasteiger partial charge < -0.3 is 5.11 Å². The maximum atomic E-state index is 12.7. The first kappa shape index (κ1) is 10.9. The number of hydrogen-bond acceptors (Lipinski definition) is 3. The molecule has 0 aliphatic carbocycles. The van der Waals surface area contributed by atoms with Crippen molar-refractivity contribution >= 4 is 10.0 Å². The minimum Gasteiger partial charge on any atom is -0.505 e. The molecule has 0 saturated heterocycles. The van der Waals surface area contributed by atoms with Crippen LogP contribution in [0, 0.1) is 11.6 Å². The van der Waals surface area contributed by atoms with Crippen molar-refractivity contribution in [2.75, 3.05) is 0 Å². The molecule has 0 spiro atoms. The summed E-state index contributed by atoms with van der Waals surface area (Å²) in [6, 6.07) is 1.16. The molecule has 1 aromatic rings. The SMILES string of the molecule is NS(=O)(=O)Cc1cc(F)cc(F)c1O. The van der Waals surface area contributed by atoms with E-state index in [0.717, 1.165) is 0 Å². The molecule has 0 atom stereocenters. The highest BCUT2D eigenvalue weighted by atomic mass is 32.2. The number of aromatic hydroxyl groups is 1. The number of phenols is 1. The predicted octanol–water partition coefficient (Wildman–Crippen LogP) is 0.459. The van der Waals surface area contributed by atoms with E-state index in [1.165, 1.54) is 0 Å². The third-order valence-electron chi connectivity index (χ3n) is 1.46. The Morgan fingerprint density at radius 2 is 1.93 bits per heavy atom. The van der Waals surface area contributed by atoms with Gasteiger partial charge in [0, 0.05) is 11.6 Å². The zero-order valence-electron chi connectivity index (χ0n) is 6.87. The molecule has 0 fully saturated rings. The second-order valence-electron chi connectivity index (χ2n) is 2.70. The summed E-state index contributed by atoms with van der Waals surface area (Å²) in [5.41, 5.74) is -0.398. The molecule has 78 valence electrons. The van der Waals surface area contributed by atoms with Crippen molar-refractivity contribution < 1.29 is 22.3 Å². The van der Waals surface area contributed by atoms with Crippen LogP contribution in [0.25, 0.3) is 0 Å². The molecule has 0 saturated carbocycles. The first-order valence-electron chi connectivity index (χ1n) is 3.47. The van der Waals surface area contributed by atoms with E-state index in [1.54, 1.807) is 0 Å². The Labute approximate surface area is 79.0 Å². The first-order valence-corrected chi connectivity index (χ1v) is 5.18. The lowest BCUT2D eigenvalue weighted by Gasteiger charge is -2.03. The molecule has 0 aliphatic heterocycles. The average molecular weight is 223 g/mol. The molecule has 0 aliphatic rings. The van der Waals surface area contributed by atoms with Crippen LogP contribution in [0.2, 0.25) is 0 Å². The standard InChI is InChI=1S/C7H7F2NO3S/c8-5-1-4(3-14(10,12)13)7(11)6(9)2-5/h1-2,11H,3H2,(H2,10,12,13). The maximum Gasteiger partial charge on any atom is 0.213 e. The fraction of sp³-hybridized carbons (Fsp3) is 0.143. The summed E-state index contributed by atoms with van der Waals surface area (Å²) in [5, 5.41) is 13.7. The molecule has 7 heteroatoms. The van der Waals surface area contributed by atoms with E-state index >= 15 is 0 Å². The van der Waals surface area contributed by atoms with Crippen LogP contribution in [-0.4, -0.2) is 13.5 Å². The molecule has 0 bridgehead atoms. The quantitative estimate of drug-likeness (QED) is 0.764. The van der Waals surface area contributed by atoms with Crippen LogP contribution >= 0.6 is 0 Å². The molecule has 0 unspecified atom stereocenters. The van der Waals surface area contributed by atoms with Crippen LogP contribution in [-0.2, 0) is 15.8 Å². The van der Waals surface area contributed by atoms with Crippen molar-refractivity contribution in [2.24, 2.45) is 5.14 Å². The minimum atomic E-state index is -3.93. The summed E-state index contributed by atoms with van der Waals surface area (Å²) < 4.78 is 46.5. The van der Waals surface area contributed by atoms with Gasteiger partial charge in [-0.15, -0.1) is 0 Å². The van der Waals surface area contributed by atoms with Gasteiger partial charge in [0.05, 0.1) is 5.75 Å². The summed E-state index contributed by atoms with van der Waals surface area (Å²) in [5.74, 6) is -3.91. The van der Waals surface area contributed by atoms with E-state index in [0.29, 0.717) is 12.1 Å². The summed E-state index contributed by atoms with van der Waals surface area (Å²) in [4.78, 5) is 0. The van der Waals surface area contributed by atoms with Gasteiger partial charge in [-0.3, -0.25) is 0 Å². The molecule has 1 aromatic carbocycles. The van der Waals surface area contributed by atoms with Gasteiger partial charge in [0.15, 0.2) is 11.6 Å². The normalized spacial score (nSPS) is 11.6. The number of sulfonamides is 1. The number of benzene rings is 1. The monoisotopic (exact) mass is 223 g/mol. The van der Waals surface area contributed by atoms with Crippen LogP contribution in [0.15, 0.2) is 12.1 Å². The van der Waals surface area contributed by atoms with Crippen LogP contribution in [0.4, 0.5) is 8.78 Å². The Morgan fingerprint density at radius 3 is 2.43 bits per heavy atom. The summed E-state index contributed by atoms with van der Waals surface area (Å²) in [6.45, 7) is 0. The van der Waals surface area contributed by atoms with Crippen molar-refractivity contribution in [2.45, 2.75) is 5.75 Å². The fourth-order valence-corrected chi connectivity index (χ4v) is 1.60. The summed E-state index contributed by atoms with van der Waals surface area (Å²) in [7, 11) is -3.93. The van der Waals surface area contributed by atoms with Crippen molar-refractivity contribution in [3.63, 3.8) is 0 Å². The van der Waals surface area contributed by atoms with Crippen LogP contribution in [0.3, 0.4) is 0 Å². The van der Waals surface area contributed by atoms with E-state index in [4.69, 9.17) is 5.11 Å². The molecule has 3 N–H and O–H groups in total. The van der Waals surface area contributed by atoms with E-state index in [1.807, 2.05) is 0 Å². The van der Waals surface area contributed by atoms with Crippen LogP contribution in [0.1, 0.15) is 5.56 Å². The second-order valence-corrected chi connectivity index (χ2v) is 4.32. The van der Waals surface area contributed by atoms with Crippen molar-refractivity contribution in [3.8, 4) is 5.75 Å². The van der Waals surface area contributed by atoms with E-state index in [-0.39, 0.29) is 0 Å². The molecule has 1 rings (SSSR count). The Morgan fingerprint density at radius 1 is 1.36 bits per heavy atom. The molecule has 0 aromatic heterocycles. The minimum absolute atomic E-state index is 0.398. The number of primary sulfonamides is 1. The topological polar surface area (TPSA) is 80.4 Å². The van der Waals surface area contributed by atoms with Crippen molar-refractivity contribution in [3.05, 3.63) is 29.3 Å². The smallest absolute Gasteiger partial charge is 0.213 e. The Hall–Kier alpha value is -1.21. The van der Waals surface area contributed by atoms with Gasteiger partial charge in [-0.2, -0.15) is 0 Å². The van der Waals surface area contributed by atoms with Gasteiger partial charge in [-0.25, -0.2) is 22.3 Å². The number of hydrogen-bond donors (Lipinski definition) is 2. The molecule has 0 amide bonds. The zero-order valence-corrected chi connectivity index (χ0v) is 7.68. The van der Waals surface area contributed by atoms with Gasteiger partial charge in [0.25, 0.3) is 0 Å².